The van der Waals surface area contributed by atoms with Gasteiger partial charge < -0.3 is 15.4 Å². The molecule has 0 aliphatic carbocycles. The van der Waals surface area contributed by atoms with Gasteiger partial charge >= 0.3 is 0 Å². The quantitative estimate of drug-likeness (QED) is 0.762. The summed E-state index contributed by atoms with van der Waals surface area (Å²) in [7, 11) is 1.62. The summed E-state index contributed by atoms with van der Waals surface area (Å²) >= 11 is 0. The minimum absolute atomic E-state index is 0.189. The zero-order valence-electron chi connectivity index (χ0n) is 14.9. The Kier molecular flexibility index (Phi) is 6.57. The molecule has 25 heavy (non-hydrogen) atoms. The zero-order chi connectivity index (χ0) is 18.2. The highest BCUT2D eigenvalue weighted by Crippen LogP contribution is 2.16. The van der Waals surface area contributed by atoms with Crippen LogP contribution in [-0.2, 0) is 16.0 Å². The standard InChI is InChI=1S/C20H24N2O3/c1-14-7-8-18(15(2)11-14)22-20(24)13-19(23)21-10-9-16-5-4-6-17(12-16)25-3/h4-8,11-12H,9-10,13H2,1-3H3,(H,21,23)(H,22,24). The van der Waals surface area contributed by atoms with Crippen molar-refractivity contribution in [1.82, 2.24) is 5.32 Å². The summed E-state index contributed by atoms with van der Waals surface area (Å²) in [5, 5.41) is 5.54. The van der Waals surface area contributed by atoms with E-state index in [4.69, 9.17) is 4.74 Å². The van der Waals surface area contributed by atoms with Gasteiger partial charge in [-0.2, -0.15) is 0 Å². The van der Waals surface area contributed by atoms with E-state index in [0.29, 0.717) is 13.0 Å². The second-order valence-electron chi connectivity index (χ2n) is 5.99. The Labute approximate surface area is 148 Å². The predicted octanol–water partition coefficient (Wildman–Crippen LogP) is 3.00. The molecule has 5 heteroatoms. The first kappa shape index (κ1) is 18.5. The zero-order valence-corrected chi connectivity index (χ0v) is 14.9. The van der Waals surface area contributed by atoms with Crippen LogP contribution in [0.3, 0.4) is 0 Å². The van der Waals surface area contributed by atoms with Crippen LogP contribution in [0.15, 0.2) is 42.5 Å². The van der Waals surface area contributed by atoms with Crippen LogP contribution in [0.5, 0.6) is 5.75 Å². The molecule has 0 radical (unpaired) electrons. The number of aryl methyl sites for hydroxylation is 2. The number of hydrogen-bond donors (Lipinski definition) is 2. The highest BCUT2D eigenvalue weighted by atomic mass is 16.5. The van der Waals surface area contributed by atoms with Crippen molar-refractivity contribution in [2.24, 2.45) is 0 Å². The normalized spacial score (nSPS) is 10.2. The molecule has 0 unspecified atom stereocenters. The SMILES string of the molecule is COc1cccc(CCNC(=O)CC(=O)Nc2ccc(C)cc2C)c1. The lowest BCUT2D eigenvalue weighted by Crippen LogP contribution is -2.29. The number of rotatable bonds is 7. The number of anilines is 1. The molecule has 2 amide bonds. The van der Waals surface area contributed by atoms with Crippen molar-refractivity contribution in [2.45, 2.75) is 26.7 Å². The van der Waals surface area contributed by atoms with Crippen LogP contribution in [0, 0.1) is 13.8 Å². The van der Waals surface area contributed by atoms with Crippen molar-refractivity contribution in [3.8, 4) is 5.75 Å². The molecule has 0 heterocycles. The number of carbonyl (C=O) groups excluding carboxylic acids is 2. The van der Waals surface area contributed by atoms with E-state index in [1.165, 1.54) is 0 Å². The Morgan fingerprint density at radius 1 is 1.04 bits per heavy atom. The predicted molar refractivity (Wildman–Crippen MR) is 98.9 cm³/mol. The maximum atomic E-state index is 12.0. The van der Waals surface area contributed by atoms with Crippen LogP contribution in [0.1, 0.15) is 23.1 Å². The van der Waals surface area contributed by atoms with E-state index in [-0.39, 0.29) is 18.2 Å². The molecule has 0 bridgehead atoms. The number of nitrogens with one attached hydrogen (secondary N) is 2. The lowest BCUT2D eigenvalue weighted by Gasteiger charge is -2.10. The minimum atomic E-state index is -0.314. The Bertz CT molecular complexity index is 756. The average Bonchev–Trinajstić information content (AvgIpc) is 2.57. The molecule has 0 fully saturated rings. The van der Waals surface area contributed by atoms with Gasteiger partial charge in [0, 0.05) is 12.2 Å². The monoisotopic (exact) mass is 340 g/mol. The largest absolute Gasteiger partial charge is 0.497 e. The number of carbonyl (C=O) groups is 2. The number of hydrogen-bond acceptors (Lipinski definition) is 3. The minimum Gasteiger partial charge on any atom is -0.497 e. The van der Waals surface area contributed by atoms with E-state index in [0.717, 1.165) is 28.1 Å². The smallest absolute Gasteiger partial charge is 0.233 e. The van der Waals surface area contributed by atoms with Crippen molar-refractivity contribution >= 4 is 17.5 Å². The van der Waals surface area contributed by atoms with Crippen molar-refractivity contribution in [1.29, 1.82) is 0 Å². The van der Waals surface area contributed by atoms with Crippen molar-refractivity contribution in [3.63, 3.8) is 0 Å². The van der Waals surface area contributed by atoms with Gasteiger partial charge in [0.1, 0.15) is 12.2 Å². The van der Waals surface area contributed by atoms with Gasteiger partial charge in [-0.1, -0.05) is 29.8 Å². The molecule has 0 spiro atoms. The topological polar surface area (TPSA) is 67.4 Å². The molecule has 2 aromatic rings. The second kappa shape index (κ2) is 8.87. The first-order chi connectivity index (χ1) is 12.0. The highest BCUT2D eigenvalue weighted by molar-refractivity contribution is 6.03. The molecule has 0 atom stereocenters. The van der Waals surface area contributed by atoms with Crippen LogP contribution in [0.4, 0.5) is 5.69 Å². The second-order valence-corrected chi connectivity index (χ2v) is 5.99. The molecule has 0 aliphatic rings. The van der Waals surface area contributed by atoms with Gasteiger partial charge in [-0.3, -0.25) is 9.59 Å². The Hall–Kier alpha value is -2.82. The molecular formula is C20H24N2O3. The fourth-order valence-electron chi connectivity index (χ4n) is 2.53. The number of methoxy groups -OCH3 is 1. The maximum Gasteiger partial charge on any atom is 0.233 e. The summed E-state index contributed by atoms with van der Waals surface area (Å²) in [4.78, 5) is 23.9. The third kappa shape index (κ3) is 5.95. The number of ether oxygens (including phenoxy) is 1. The molecule has 0 aliphatic heterocycles. The lowest BCUT2D eigenvalue weighted by atomic mass is 10.1. The highest BCUT2D eigenvalue weighted by Gasteiger charge is 2.10. The molecule has 5 nitrogen and oxygen atoms in total. The van der Waals surface area contributed by atoms with E-state index < -0.39 is 0 Å². The maximum absolute atomic E-state index is 12.0. The van der Waals surface area contributed by atoms with E-state index in [9.17, 15) is 9.59 Å². The van der Waals surface area contributed by atoms with Crippen LogP contribution in [0.2, 0.25) is 0 Å². The summed E-state index contributed by atoms with van der Waals surface area (Å²) in [5.74, 6) is 0.188. The first-order valence-corrected chi connectivity index (χ1v) is 8.24. The van der Waals surface area contributed by atoms with Crippen LogP contribution in [-0.4, -0.2) is 25.5 Å². The molecule has 0 aromatic heterocycles. The third-order valence-corrected chi connectivity index (χ3v) is 3.85. The molecule has 0 saturated heterocycles. The molecule has 0 saturated carbocycles. The fourth-order valence-corrected chi connectivity index (χ4v) is 2.53. The van der Waals surface area contributed by atoms with E-state index in [1.807, 2.05) is 56.3 Å². The van der Waals surface area contributed by atoms with Crippen LogP contribution in [0.25, 0.3) is 0 Å². The third-order valence-electron chi connectivity index (χ3n) is 3.85. The summed E-state index contributed by atoms with van der Waals surface area (Å²) < 4.78 is 5.17. The van der Waals surface area contributed by atoms with Gasteiger partial charge in [0.15, 0.2) is 0 Å². The van der Waals surface area contributed by atoms with Gasteiger partial charge in [0.25, 0.3) is 0 Å². The summed E-state index contributed by atoms with van der Waals surface area (Å²) in [6.45, 7) is 4.40. The number of benzene rings is 2. The molecule has 2 aromatic carbocycles. The summed E-state index contributed by atoms with van der Waals surface area (Å²) in [6.07, 6.45) is 0.493. The molecule has 2 rings (SSSR count). The van der Waals surface area contributed by atoms with Gasteiger partial charge in [0.2, 0.25) is 11.8 Å². The van der Waals surface area contributed by atoms with Crippen molar-refractivity contribution in [3.05, 3.63) is 59.2 Å². The average molecular weight is 340 g/mol. The summed E-state index contributed by atoms with van der Waals surface area (Å²) in [5.41, 5.74) is 3.91. The number of amides is 2. The van der Waals surface area contributed by atoms with Gasteiger partial charge in [0.05, 0.1) is 7.11 Å². The molecular weight excluding hydrogens is 316 g/mol. The first-order valence-electron chi connectivity index (χ1n) is 8.24. The fraction of sp³-hybridized carbons (Fsp3) is 0.300. The summed E-state index contributed by atoms with van der Waals surface area (Å²) in [6, 6.07) is 13.5. The van der Waals surface area contributed by atoms with E-state index >= 15 is 0 Å². The molecule has 132 valence electrons. The Balaban J connectivity index is 1.76. The van der Waals surface area contributed by atoms with Crippen molar-refractivity contribution in [2.75, 3.05) is 19.0 Å². The van der Waals surface area contributed by atoms with Gasteiger partial charge in [-0.05, 0) is 49.6 Å². The Morgan fingerprint density at radius 2 is 1.84 bits per heavy atom. The van der Waals surface area contributed by atoms with E-state index in [1.54, 1.807) is 7.11 Å². The van der Waals surface area contributed by atoms with Crippen LogP contribution >= 0.6 is 0 Å². The lowest BCUT2D eigenvalue weighted by molar-refractivity contribution is -0.126. The Morgan fingerprint density at radius 3 is 2.56 bits per heavy atom. The van der Waals surface area contributed by atoms with Crippen LogP contribution < -0.4 is 15.4 Å². The van der Waals surface area contributed by atoms with Gasteiger partial charge in [-0.25, -0.2) is 0 Å². The van der Waals surface area contributed by atoms with Gasteiger partial charge in [-0.15, -0.1) is 0 Å². The van der Waals surface area contributed by atoms with E-state index in [2.05, 4.69) is 10.6 Å². The molecule has 2 N–H and O–H groups in total. The van der Waals surface area contributed by atoms with Crippen molar-refractivity contribution < 1.29 is 14.3 Å².